The maximum Gasteiger partial charge on any atom is 0.264 e. The van der Waals surface area contributed by atoms with Gasteiger partial charge in [-0.25, -0.2) is 13.8 Å². The van der Waals surface area contributed by atoms with Gasteiger partial charge < -0.3 is 0 Å². The Labute approximate surface area is 97.8 Å². The normalized spacial score (nSPS) is 10.7. The van der Waals surface area contributed by atoms with Gasteiger partial charge in [-0.2, -0.15) is 0 Å². The van der Waals surface area contributed by atoms with Gasteiger partial charge in [-0.3, -0.25) is 4.79 Å². The van der Waals surface area contributed by atoms with Crippen molar-refractivity contribution < 1.29 is 13.6 Å². The summed E-state index contributed by atoms with van der Waals surface area (Å²) in [5.41, 5.74) is -0.124. The van der Waals surface area contributed by atoms with E-state index in [4.69, 9.17) is 11.6 Å². The van der Waals surface area contributed by atoms with Crippen LogP contribution in [0.1, 0.15) is 28.0 Å². The summed E-state index contributed by atoms with van der Waals surface area (Å²) in [4.78, 5) is 14.8. The van der Waals surface area contributed by atoms with Gasteiger partial charge in [0.1, 0.15) is 3.70 Å². The molecular weight excluding hydrogens is 326 g/mol. The molecule has 14 heavy (non-hydrogen) atoms. The van der Waals surface area contributed by atoms with Crippen molar-refractivity contribution in [2.75, 3.05) is 0 Å². The van der Waals surface area contributed by atoms with Gasteiger partial charge in [-0.05, 0) is 47.2 Å². The highest BCUT2D eigenvalue weighted by molar-refractivity contribution is 14.1. The quantitative estimate of drug-likeness (QED) is 0.473. The molecule has 1 rings (SSSR count). The SMILES string of the molecule is Cc1cc(C(F)F)c(C(=O)Cl)c(I)n1. The van der Waals surface area contributed by atoms with Crippen molar-refractivity contribution in [2.24, 2.45) is 0 Å². The number of pyridine rings is 1. The number of alkyl halides is 2. The Morgan fingerprint density at radius 1 is 1.64 bits per heavy atom. The van der Waals surface area contributed by atoms with Crippen LogP contribution in [0.5, 0.6) is 0 Å². The fourth-order valence-electron chi connectivity index (χ4n) is 1.03. The van der Waals surface area contributed by atoms with E-state index < -0.39 is 11.7 Å². The van der Waals surface area contributed by atoms with Crippen LogP contribution in [0.3, 0.4) is 0 Å². The number of hydrogen-bond donors (Lipinski definition) is 0. The van der Waals surface area contributed by atoms with Crippen molar-refractivity contribution in [3.63, 3.8) is 0 Å². The zero-order chi connectivity index (χ0) is 10.9. The minimum Gasteiger partial charge on any atom is -0.275 e. The Morgan fingerprint density at radius 2 is 2.21 bits per heavy atom. The lowest BCUT2D eigenvalue weighted by Gasteiger charge is -2.07. The van der Waals surface area contributed by atoms with E-state index in [0.717, 1.165) is 0 Å². The van der Waals surface area contributed by atoms with Crippen LogP contribution in [0.15, 0.2) is 6.07 Å². The number of aryl methyl sites for hydroxylation is 1. The molecule has 1 aromatic rings. The second-order valence-electron chi connectivity index (χ2n) is 2.59. The lowest BCUT2D eigenvalue weighted by Crippen LogP contribution is -2.05. The van der Waals surface area contributed by atoms with Crippen molar-refractivity contribution in [3.8, 4) is 0 Å². The molecule has 0 aliphatic rings. The smallest absolute Gasteiger partial charge is 0.264 e. The molecular formula is C8H5ClF2INO. The van der Waals surface area contributed by atoms with E-state index in [1.807, 2.05) is 0 Å². The van der Waals surface area contributed by atoms with Gasteiger partial charge in [0.05, 0.1) is 5.56 Å². The number of hydrogen-bond acceptors (Lipinski definition) is 2. The van der Waals surface area contributed by atoms with E-state index >= 15 is 0 Å². The van der Waals surface area contributed by atoms with Crippen LogP contribution in [0.4, 0.5) is 8.78 Å². The molecule has 0 fully saturated rings. The minimum absolute atomic E-state index is 0.201. The van der Waals surface area contributed by atoms with Crippen molar-refractivity contribution >= 4 is 39.4 Å². The first kappa shape index (κ1) is 11.8. The van der Waals surface area contributed by atoms with Crippen molar-refractivity contribution in [2.45, 2.75) is 13.3 Å². The Bertz CT molecular complexity index is 384. The van der Waals surface area contributed by atoms with Crippen molar-refractivity contribution in [1.29, 1.82) is 0 Å². The largest absolute Gasteiger partial charge is 0.275 e. The van der Waals surface area contributed by atoms with Gasteiger partial charge in [0.15, 0.2) is 0 Å². The molecule has 0 amide bonds. The second kappa shape index (κ2) is 4.48. The molecule has 0 aromatic carbocycles. The highest BCUT2D eigenvalue weighted by atomic mass is 127. The Morgan fingerprint density at radius 3 is 2.64 bits per heavy atom. The predicted octanol–water partition coefficient (Wildman–Crippen LogP) is 3.31. The van der Waals surface area contributed by atoms with Gasteiger partial charge in [-0.15, -0.1) is 0 Å². The van der Waals surface area contributed by atoms with Crippen molar-refractivity contribution in [3.05, 3.63) is 26.6 Å². The van der Waals surface area contributed by atoms with Crippen molar-refractivity contribution in [1.82, 2.24) is 4.98 Å². The third-order valence-corrected chi connectivity index (χ3v) is 2.54. The third-order valence-electron chi connectivity index (χ3n) is 1.57. The number of halogens is 4. The fourth-order valence-corrected chi connectivity index (χ4v) is 2.32. The third kappa shape index (κ3) is 2.38. The van der Waals surface area contributed by atoms with E-state index in [1.54, 1.807) is 29.5 Å². The van der Waals surface area contributed by atoms with Crippen LogP contribution in [-0.4, -0.2) is 10.2 Å². The number of rotatable bonds is 2. The highest BCUT2D eigenvalue weighted by Crippen LogP contribution is 2.27. The molecule has 0 atom stereocenters. The van der Waals surface area contributed by atoms with E-state index in [1.165, 1.54) is 6.07 Å². The second-order valence-corrected chi connectivity index (χ2v) is 3.96. The van der Waals surface area contributed by atoms with Gasteiger partial charge in [0.25, 0.3) is 11.7 Å². The lowest BCUT2D eigenvalue weighted by molar-refractivity contribution is 0.106. The maximum atomic E-state index is 12.5. The summed E-state index contributed by atoms with van der Waals surface area (Å²) in [5, 5.41) is -0.905. The molecule has 0 radical (unpaired) electrons. The van der Waals surface area contributed by atoms with Crippen LogP contribution >= 0.6 is 34.2 Å². The summed E-state index contributed by atoms with van der Waals surface area (Å²) < 4.78 is 25.2. The summed E-state index contributed by atoms with van der Waals surface area (Å²) in [6.07, 6.45) is -2.72. The van der Waals surface area contributed by atoms with Crippen LogP contribution in [0, 0.1) is 10.6 Å². The molecule has 76 valence electrons. The molecule has 0 unspecified atom stereocenters. The first-order chi connectivity index (χ1) is 6.43. The van der Waals surface area contributed by atoms with Gasteiger partial charge in [-0.1, -0.05) is 0 Å². The van der Waals surface area contributed by atoms with E-state index in [9.17, 15) is 13.6 Å². The average molecular weight is 331 g/mol. The molecule has 0 saturated carbocycles. The zero-order valence-corrected chi connectivity index (χ0v) is 9.94. The standard InChI is InChI=1S/C8H5ClF2INO/c1-3-2-4(7(10)11)5(6(9)14)8(12)13-3/h2,7H,1H3. The van der Waals surface area contributed by atoms with Crippen LogP contribution in [0.25, 0.3) is 0 Å². The molecule has 0 N–H and O–H groups in total. The fraction of sp³-hybridized carbons (Fsp3) is 0.250. The van der Waals surface area contributed by atoms with Crippen LogP contribution in [-0.2, 0) is 0 Å². The van der Waals surface area contributed by atoms with Gasteiger partial charge >= 0.3 is 0 Å². The monoisotopic (exact) mass is 331 g/mol. The molecule has 0 bridgehead atoms. The number of carbonyl (C=O) groups excluding carboxylic acids is 1. The Balaban J connectivity index is 3.44. The Hall–Kier alpha value is -0.300. The average Bonchev–Trinajstić information content (AvgIpc) is 2.01. The van der Waals surface area contributed by atoms with Gasteiger partial charge in [0, 0.05) is 11.3 Å². The van der Waals surface area contributed by atoms with Crippen LogP contribution in [0.2, 0.25) is 0 Å². The summed E-state index contributed by atoms with van der Waals surface area (Å²) in [6, 6.07) is 1.17. The van der Waals surface area contributed by atoms with E-state index in [2.05, 4.69) is 4.98 Å². The lowest BCUT2D eigenvalue weighted by atomic mass is 10.1. The zero-order valence-electron chi connectivity index (χ0n) is 7.02. The maximum absolute atomic E-state index is 12.5. The van der Waals surface area contributed by atoms with E-state index in [-0.39, 0.29) is 14.8 Å². The topological polar surface area (TPSA) is 30.0 Å². The van der Waals surface area contributed by atoms with Gasteiger partial charge in [0.2, 0.25) is 0 Å². The highest BCUT2D eigenvalue weighted by Gasteiger charge is 2.21. The predicted molar refractivity (Wildman–Crippen MR) is 56.8 cm³/mol. The molecule has 1 aromatic heterocycles. The number of carbonyl (C=O) groups is 1. The molecule has 2 nitrogen and oxygen atoms in total. The molecule has 6 heteroatoms. The Kier molecular flexibility index (Phi) is 3.77. The van der Waals surface area contributed by atoms with E-state index in [0.29, 0.717) is 5.69 Å². The molecule has 0 aliphatic carbocycles. The first-order valence-electron chi connectivity index (χ1n) is 3.58. The van der Waals surface area contributed by atoms with Crippen LogP contribution < -0.4 is 0 Å². The number of aromatic nitrogens is 1. The first-order valence-corrected chi connectivity index (χ1v) is 5.04. The molecule has 0 saturated heterocycles. The summed E-state index contributed by atoms with van der Waals surface area (Å²) >= 11 is 6.90. The molecule has 1 heterocycles. The molecule has 0 spiro atoms. The minimum atomic E-state index is -2.72. The number of nitrogens with zero attached hydrogens (tertiary/aromatic N) is 1. The summed E-state index contributed by atoms with van der Waals surface area (Å²) in [6.45, 7) is 1.58. The summed E-state index contributed by atoms with van der Waals surface area (Å²) in [7, 11) is 0. The molecule has 0 aliphatic heterocycles. The summed E-state index contributed by atoms with van der Waals surface area (Å²) in [5.74, 6) is 0.